The molecule has 3 N–H and O–H groups in total. The summed E-state index contributed by atoms with van der Waals surface area (Å²) >= 11 is 0. The molecule has 2 aliphatic rings. The molecule has 1 aromatic rings. The average molecular weight is 376 g/mol. The van der Waals surface area contributed by atoms with Crippen molar-refractivity contribution in [3.63, 3.8) is 0 Å². The number of hydrogen-bond donors (Lipinski definition) is 3. The van der Waals surface area contributed by atoms with Gasteiger partial charge in [-0.05, 0) is 24.6 Å². The van der Waals surface area contributed by atoms with Crippen molar-refractivity contribution in [2.45, 2.75) is 45.1 Å². The summed E-state index contributed by atoms with van der Waals surface area (Å²) in [6, 6.07) is 5.91. The third-order valence-corrected chi connectivity index (χ3v) is 5.11. The van der Waals surface area contributed by atoms with Gasteiger partial charge in [0.25, 0.3) is 5.91 Å². The van der Waals surface area contributed by atoms with Crippen LogP contribution in [-0.4, -0.2) is 44.8 Å². The molecule has 0 aliphatic carbocycles. The number of urea groups is 1. The number of imide groups is 1. The van der Waals surface area contributed by atoms with E-state index in [9.17, 15) is 9.59 Å². The van der Waals surface area contributed by atoms with Crippen molar-refractivity contribution in [2.24, 2.45) is 0 Å². The quantitative estimate of drug-likeness (QED) is 0.652. The highest BCUT2D eigenvalue weighted by Crippen LogP contribution is 2.33. The van der Waals surface area contributed by atoms with E-state index in [4.69, 9.17) is 9.47 Å². The largest absolute Gasteiger partial charge is 0.490 e. The van der Waals surface area contributed by atoms with Crippen molar-refractivity contribution in [3.8, 4) is 11.5 Å². The zero-order chi connectivity index (χ0) is 19.1. The highest BCUT2D eigenvalue weighted by atomic mass is 16.5. The molecule has 1 unspecified atom stereocenters. The van der Waals surface area contributed by atoms with E-state index in [0.29, 0.717) is 26.3 Å². The lowest BCUT2D eigenvalue weighted by atomic mass is 10.0. The van der Waals surface area contributed by atoms with Gasteiger partial charge in [0.05, 0.1) is 19.8 Å². The van der Waals surface area contributed by atoms with Gasteiger partial charge in [0.1, 0.15) is 6.04 Å². The minimum absolute atomic E-state index is 0.232. The van der Waals surface area contributed by atoms with Crippen molar-refractivity contribution in [2.75, 3.05) is 32.8 Å². The van der Waals surface area contributed by atoms with E-state index in [2.05, 4.69) is 23.6 Å². The fraction of sp³-hybridized carbons (Fsp3) is 0.600. The van der Waals surface area contributed by atoms with Gasteiger partial charge >= 0.3 is 6.03 Å². The van der Waals surface area contributed by atoms with Crippen LogP contribution in [0.3, 0.4) is 0 Å². The molecule has 0 spiro atoms. The Labute approximate surface area is 160 Å². The number of fused-ring (bicyclic) bond motifs is 1. The van der Waals surface area contributed by atoms with Crippen LogP contribution in [-0.2, 0) is 4.79 Å². The maximum atomic E-state index is 12.3. The predicted molar refractivity (Wildman–Crippen MR) is 101 cm³/mol. The van der Waals surface area contributed by atoms with Crippen LogP contribution in [0.4, 0.5) is 4.79 Å². The third kappa shape index (κ3) is 5.35. The van der Waals surface area contributed by atoms with Crippen LogP contribution in [0.15, 0.2) is 18.2 Å². The average Bonchev–Trinajstić information content (AvgIpc) is 2.97. The summed E-state index contributed by atoms with van der Waals surface area (Å²) in [4.78, 5) is 25.2. The number of amides is 3. The minimum atomic E-state index is -0.404. The molecule has 0 bridgehead atoms. The van der Waals surface area contributed by atoms with Gasteiger partial charge < -0.3 is 19.7 Å². The van der Waals surface area contributed by atoms with Gasteiger partial charge in [0.15, 0.2) is 18.0 Å². The number of quaternary nitrogens is 1. The Balaban J connectivity index is 1.58. The Hall–Kier alpha value is -2.28. The van der Waals surface area contributed by atoms with Gasteiger partial charge in [0.2, 0.25) is 0 Å². The number of likely N-dealkylation sites (tertiary alicyclic amines) is 1. The number of benzene rings is 1. The topological polar surface area (TPSA) is 81.1 Å². The van der Waals surface area contributed by atoms with Crippen LogP contribution < -0.4 is 25.0 Å². The first-order chi connectivity index (χ1) is 13.2. The maximum absolute atomic E-state index is 12.3. The molecule has 1 fully saturated rings. The Morgan fingerprint density at radius 2 is 2.00 bits per heavy atom. The molecular formula is C20H30N3O4+. The summed E-state index contributed by atoms with van der Waals surface area (Å²) in [6.45, 7) is 5.19. The van der Waals surface area contributed by atoms with Crippen molar-refractivity contribution < 1.29 is 24.0 Å². The SMILES string of the molecule is CCCCNC(=O)NC(=O)C[NH+]1CCC[C@@H]1c1ccc2c(c1)OCCCO2. The molecule has 0 aromatic heterocycles. The zero-order valence-electron chi connectivity index (χ0n) is 16.0. The molecular weight excluding hydrogens is 346 g/mol. The van der Waals surface area contributed by atoms with Gasteiger partial charge in [-0.15, -0.1) is 0 Å². The van der Waals surface area contributed by atoms with E-state index >= 15 is 0 Å². The van der Waals surface area contributed by atoms with Crippen molar-refractivity contribution in [1.82, 2.24) is 10.6 Å². The summed E-state index contributed by atoms with van der Waals surface area (Å²) in [6.07, 6.45) is 4.87. The second kappa shape index (κ2) is 9.60. The molecule has 148 valence electrons. The molecule has 3 rings (SSSR count). The monoisotopic (exact) mass is 376 g/mol. The van der Waals surface area contributed by atoms with Gasteiger partial charge in [-0.25, -0.2) is 4.79 Å². The van der Waals surface area contributed by atoms with Crippen molar-refractivity contribution in [1.29, 1.82) is 0 Å². The molecule has 2 aliphatic heterocycles. The second-order valence-corrected chi connectivity index (χ2v) is 7.19. The first-order valence-electron chi connectivity index (χ1n) is 9.99. The number of hydrogen-bond acceptors (Lipinski definition) is 4. The highest BCUT2D eigenvalue weighted by Gasteiger charge is 2.32. The summed E-state index contributed by atoms with van der Waals surface area (Å²) in [7, 11) is 0. The molecule has 7 heteroatoms. The third-order valence-electron chi connectivity index (χ3n) is 5.11. The fourth-order valence-electron chi connectivity index (χ4n) is 3.72. The van der Waals surface area contributed by atoms with E-state index in [1.807, 2.05) is 12.1 Å². The molecule has 2 atom stereocenters. The first-order valence-corrected chi connectivity index (χ1v) is 9.99. The lowest BCUT2D eigenvalue weighted by Crippen LogP contribution is -3.11. The summed E-state index contributed by atoms with van der Waals surface area (Å²) in [5.74, 6) is 1.34. The summed E-state index contributed by atoms with van der Waals surface area (Å²) in [5.41, 5.74) is 1.16. The van der Waals surface area contributed by atoms with E-state index in [1.165, 1.54) is 4.90 Å². The van der Waals surface area contributed by atoms with E-state index < -0.39 is 6.03 Å². The molecule has 1 aromatic carbocycles. The molecule has 0 radical (unpaired) electrons. The smallest absolute Gasteiger partial charge is 0.321 e. The lowest BCUT2D eigenvalue weighted by molar-refractivity contribution is -0.910. The molecule has 2 heterocycles. The van der Waals surface area contributed by atoms with Crippen molar-refractivity contribution in [3.05, 3.63) is 23.8 Å². The van der Waals surface area contributed by atoms with Gasteiger partial charge in [-0.3, -0.25) is 10.1 Å². The number of unbranched alkanes of at least 4 members (excludes halogenated alkanes) is 1. The summed E-state index contributed by atoms with van der Waals surface area (Å²) < 4.78 is 11.5. The number of rotatable bonds is 6. The van der Waals surface area contributed by atoms with Gasteiger partial charge in [-0.2, -0.15) is 0 Å². The zero-order valence-corrected chi connectivity index (χ0v) is 16.0. The lowest BCUT2D eigenvalue weighted by Gasteiger charge is -2.22. The fourth-order valence-corrected chi connectivity index (χ4v) is 3.72. The van der Waals surface area contributed by atoms with E-state index in [-0.39, 0.29) is 11.9 Å². The van der Waals surface area contributed by atoms with Crippen LogP contribution in [0, 0.1) is 0 Å². The first kappa shape index (κ1) is 19.5. The van der Waals surface area contributed by atoms with Crippen LogP contribution in [0.1, 0.15) is 50.6 Å². The molecule has 27 heavy (non-hydrogen) atoms. The maximum Gasteiger partial charge on any atom is 0.321 e. The molecule has 3 amide bonds. The highest BCUT2D eigenvalue weighted by molar-refractivity contribution is 5.94. The van der Waals surface area contributed by atoms with Gasteiger partial charge in [0, 0.05) is 31.4 Å². The van der Waals surface area contributed by atoms with Crippen LogP contribution in [0.5, 0.6) is 11.5 Å². The van der Waals surface area contributed by atoms with Crippen LogP contribution >= 0.6 is 0 Å². The molecule has 7 nitrogen and oxygen atoms in total. The second-order valence-electron chi connectivity index (χ2n) is 7.19. The van der Waals surface area contributed by atoms with Crippen molar-refractivity contribution >= 4 is 11.9 Å². The van der Waals surface area contributed by atoms with E-state index in [1.54, 1.807) is 0 Å². The number of nitrogens with one attached hydrogen (secondary N) is 3. The van der Waals surface area contributed by atoms with Gasteiger partial charge in [-0.1, -0.05) is 13.3 Å². The number of ether oxygens (including phenoxy) is 2. The minimum Gasteiger partial charge on any atom is -0.490 e. The number of carbonyl (C=O) groups is 2. The Morgan fingerprint density at radius 3 is 2.81 bits per heavy atom. The standard InChI is InChI=1S/C20H29N3O4/c1-2-3-9-21-20(25)22-19(24)14-23-10-4-6-16(23)15-7-8-17-18(13-15)27-12-5-11-26-17/h7-8,13,16H,2-6,9-12,14H2,1H3,(H2,21,22,24,25)/p+1/t16-/m1/s1. The Bertz CT molecular complexity index is 665. The Kier molecular flexibility index (Phi) is 6.92. The Morgan fingerprint density at radius 1 is 1.19 bits per heavy atom. The predicted octanol–water partition coefficient (Wildman–Crippen LogP) is 1.19. The van der Waals surface area contributed by atoms with Crippen LogP contribution in [0.25, 0.3) is 0 Å². The molecule has 0 saturated carbocycles. The van der Waals surface area contributed by atoms with E-state index in [0.717, 1.165) is 55.7 Å². The van der Waals surface area contributed by atoms with Crippen LogP contribution in [0.2, 0.25) is 0 Å². The molecule has 1 saturated heterocycles. The summed E-state index contributed by atoms with van der Waals surface area (Å²) in [5, 5.41) is 5.15. The normalized spacial score (nSPS) is 21.4. The number of carbonyl (C=O) groups excluding carboxylic acids is 2.